The number of rotatable bonds is 12. The van der Waals surface area contributed by atoms with Crippen molar-refractivity contribution < 1.29 is 29.0 Å². The molecule has 0 aliphatic heterocycles. The normalized spacial score (nSPS) is 23.9. The highest BCUT2D eigenvalue weighted by Gasteiger charge is 2.36. The Hall–Kier alpha value is -5.88. The molecule has 0 saturated heterocycles. The number of aromatic amines is 2. The number of ether oxygens (including phenoxy) is 2. The molecule has 59 heavy (non-hydrogen) atoms. The van der Waals surface area contributed by atoms with Gasteiger partial charge in [0.05, 0.1) is 6.07 Å². The molecule has 7 N–H and O–H groups in total. The van der Waals surface area contributed by atoms with Crippen LogP contribution in [-0.4, -0.2) is 73.4 Å². The minimum Gasteiger partial charge on any atom is -0.446 e. The Morgan fingerprint density at radius 3 is 2.14 bits per heavy atom. The van der Waals surface area contributed by atoms with E-state index in [1.165, 1.54) is 0 Å². The van der Waals surface area contributed by atoms with Gasteiger partial charge in [-0.3, -0.25) is 15.0 Å². The van der Waals surface area contributed by atoms with Crippen LogP contribution in [0.4, 0.5) is 32.6 Å². The van der Waals surface area contributed by atoms with E-state index in [9.17, 15) is 24.8 Å². The molecule has 4 aliphatic rings. The lowest BCUT2D eigenvalue weighted by Crippen LogP contribution is -2.36. The number of hydrogen-bond acceptors (Lipinski definition) is 11. The Kier molecular flexibility index (Phi) is 11.3. The van der Waals surface area contributed by atoms with Crippen molar-refractivity contribution in [3.63, 3.8) is 0 Å². The number of nitrogens with zero attached hydrogens (tertiary/aromatic N) is 3. The van der Waals surface area contributed by atoms with E-state index in [-0.39, 0.29) is 48.0 Å². The van der Waals surface area contributed by atoms with Crippen LogP contribution < -0.4 is 21.3 Å². The predicted octanol–water partition coefficient (Wildman–Crippen LogP) is 6.80. The highest BCUT2D eigenvalue weighted by Crippen LogP contribution is 2.39. The molecule has 4 aromatic rings. The molecule has 0 spiro atoms. The van der Waals surface area contributed by atoms with Crippen LogP contribution in [0.2, 0.25) is 0 Å². The number of nitriles is 1. The smallest absolute Gasteiger partial charge is 0.407 e. The quantitative estimate of drug-likeness (QED) is 0.0739. The van der Waals surface area contributed by atoms with Crippen molar-refractivity contribution in [2.45, 2.75) is 140 Å². The fraction of sp³-hybridized carbons (Fsp3) is 0.500. The molecular weight excluding hydrogens is 751 g/mol. The number of nitrogens with one attached hydrogen (secondary N) is 6. The monoisotopic (exact) mass is 803 g/mol. The summed E-state index contributed by atoms with van der Waals surface area (Å²) in [6.45, 7) is 5.76. The number of Topliss-reactive ketones (excluding diaryl/α,β-unsaturated/α-hetero) is 1. The lowest BCUT2D eigenvalue weighted by molar-refractivity contribution is -0.118. The first kappa shape index (κ1) is 39.9. The zero-order valence-corrected chi connectivity index (χ0v) is 33.8. The Labute approximate surface area is 343 Å². The number of H-pyrrole nitrogens is 2. The summed E-state index contributed by atoms with van der Waals surface area (Å²) in [6, 6.07) is 15.8. The third-order valence-corrected chi connectivity index (χ3v) is 12.1. The van der Waals surface area contributed by atoms with Crippen LogP contribution in [0.15, 0.2) is 42.5 Å². The summed E-state index contributed by atoms with van der Waals surface area (Å²) in [5, 5.41) is 47.8. The van der Waals surface area contributed by atoms with Crippen molar-refractivity contribution in [1.29, 1.82) is 5.26 Å². The maximum atomic E-state index is 13.2. The van der Waals surface area contributed by atoms with Gasteiger partial charge in [-0.15, -0.1) is 0 Å². The zero-order chi connectivity index (χ0) is 41.3. The van der Waals surface area contributed by atoms with Crippen LogP contribution in [0.3, 0.4) is 0 Å². The van der Waals surface area contributed by atoms with E-state index in [2.05, 4.69) is 53.8 Å². The van der Waals surface area contributed by atoms with Gasteiger partial charge in [0.1, 0.15) is 18.0 Å². The Morgan fingerprint density at radius 2 is 1.47 bits per heavy atom. The van der Waals surface area contributed by atoms with Crippen molar-refractivity contribution in [2.75, 3.05) is 10.6 Å². The second kappa shape index (κ2) is 16.8. The highest BCUT2D eigenvalue weighted by molar-refractivity contribution is 5.84. The molecule has 4 aliphatic carbocycles. The van der Waals surface area contributed by atoms with Crippen LogP contribution in [0.25, 0.3) is 0 Å². The molecule has 8 rings (SSSR count). The lowest BCUT2D eigenvalue weighted by atomic mass is 9.87. The molecule has 0 radical (unpaired) electrons. The second-order valence-electron chi connectivity index (χ2n) is 17.3. The summed E-state index contributed by atoms with van der Waals surface area (Å²) in [5.41, 5.74) is 7.37. The van der Waals surface area contributed by atoms with Crippen molar-refractivity contribution >= 4 is 41.0 Å². The van der Waals surface area contributed by atoms with Crippen LogP contribution in [0.5, 0.6) is 0 Å². The van der Waals surface area contributed by atoms with Crippen molar-refractivity contribution in [3.05, 3.63) is 81.7 Å². The molecule has 2 heterocycles. The van der Waals surface area contributed by atoms with Gasteiger partial charge < -0.3 is 35.8 Å². The number of aromatic nitrogens is 4. The number of hydrogen-bond donors (Lipinski definition) is 7. The number of benzene rings is 2. The lowest BCUT2D eigenvalue weighted by Gasteiger charge is -2.22. The van der Waals surface area contributed by atoms with E-state index in [4.69, 9.17) is 9.47 Å². The Bertz CT molecular complexity index is 2260. The van der Waals surface area contributed by atoms with Gasteiger partial charge >= 0.3 is 12.2 Å². The number of ketones is 1. The molecule has 15 nitrogen and oxygen atoms in total. The summed E-state index contributed by atoms with van der Waals surface area (Å²) in [5.74, 6) is 1.92. The third-order valence-electron chi connectivity index (χ3n) is 12.1. The van der Waals surface area contributed by atoms with Gasteiger partial charge in [0.15, 0.2) is 17.2 Å². The SMILES string of the molecule is CC(C)NC(=O)O[C@@H]1CC[C@H](c2cc(Nc3cc4c(cc3CC(C)NC(=O)O[C@@H]3CC[C@H](c5cc(Nc6ccc7c(c6)CC(O)(C#N)C7)n[nH]5)C3)CC(=O)CC4)n[nH]2)C1. The van der Waals surface area contributed by atoms with Crippen LogP contribution in [-0.2, 0) is 46.4 Å². The van der Waals surface area contributed by atoms with Crippen LogP contribution >= 0.6 is 0 Å². The molecule has 0 bridgehead atoms. The van der Waals surface area contributed by atoms with Gasteiger partial charge in [0.2, 0.25) is 0 Å². The first-order valence-corrected chi connectivity index (χ1v) is 20.9. The van der Waals surface area contributed by atoms with E-state index in [0.29, 0.717) is 56.6 Å². The number of aliphatic hydroxyl groups is 1. The van der Waals surface area contributed by atoms with Gasteiger partial charge in [-0.1, -0.05) is 12.1 Å². The molecule has 15 heteroatoms. The number of fused-ring (bicyclic) bond motifs is 2. The molecule has 2 amide bonds. The number of carbonyl (C=O) groups is 3. The average molecular weight is 804 g/mol. The molecule has 2 aromatic heterocycles. The number of alkyl carbamates (subject to hydrolysis) is 2. The van der Waals surface area contributed by atoms with Crippen molar-refractivity contribution in [3.8, 4) is 6.07 Å². The second-order valence-corrected chi connectivity index (χ2v) is 17.3. The van der Waals surface area contributed by atoms with E-state index in [1.54, 1.807) is 0 Å². The van der Waals surface area contributed by atoms with Gasteiger partial charge in [0, 0.05) is 84.5 Å². The zero-order valence-electron chi connectivity index (χ0n) is 33.8. The number of carbonyl (C=O) groups excluding carboxylic acids is 3. The molecule has 2 aromatic carbocycles. The fourth-order valence-corrected chi connectivity index (χ4v) is 9.16. The standard InChI is InChI=1S/C44H53N9O6/c1-24(2)46-42(55)58-35-10-6-28(16-35)39-20-41(53-51-39)49-37-18-26-5-9-34(54)15-30(26)13-31(37)12-25(3)47-43(56)59-36-11-7-27(17-36)38-19-40(52-50-38)48-33-8-4-29-21-44(57,23-45)22-32(29)14-33/h4,8,13-14,18-20,24-25,27-28,35-36,57H,5-7,9-12,15-17,21-22H2,1-3H3,(H,46,55)(H,47,56)(H2,48,50,52)(H2,49,51,53)/t25?,27-,28-,35+,36+,44?/m0/s1. The summed E-state index contributed by atoms with van der Waals surface area (Å²) < 4.78 is 11.6. The number of amides is 2. The minimum absolute atomic E-state index is 0.0171. The fourth-order valence-electron chi connectivity index (χ4n) is 9.16. The summed E-state index contributed by atoms with van der Waals surface area (Å²) >= 11 is 0. The largest absolute Gasteiger partial charge is 0.446 e. The topological polar surface area (TPSA) is 219 Å². The average Bonchev–Trinajstić information content (AvgIpc) is 4.03. The maximum absolute atomic E-state index is 13.2. The Balaban J connectivity index is 0.847. The molecule has 2 unspecified atom stereocenters. The van der Waals surface area contributed by atoms with Crippen LogP contribution in [0, 0.1) is 11.3 Å². The van der Waals surface area contributed by atoms with E-state index < -0.39 is 11.7 Å². The minimum atomic E-state index is -1.35. The molecule has 6 atom stereocenters. The van der Waals surface area contributed by atoms with Crippen LogP contribution in [0.1, 0.15) is 117 Å². The van der Waals surface area contributed by atoms with Gasteiger partial charge in [0.25, 0.3) is 0 Å². The molecule has 310 valence electrons. The third kappa shape index (κ3) is 9.54. The van der Waals surface area contributed by atoms with E-state index in [0.717, 1.165) is 82.7 Å². The van der Waals surface area contributed by atoms with Gasteiger partial charge in [-0.2, -0.15) is 15.5 Å². The van der Waals surface area contributed by atoms with Gasteiger partial charge in [-0.05, 0) is 118 Å². The van der Waals surface area contributed by atoms with Crippen molar-refractivity contribution in [2.24, 2.45) is 0 Å². The molecule has 2 fully saturated rings. The maximum Gasteiger partial charge on any atom is 0.407 e. The summed E-state index contributed by atoms with van der Waals surface area (Å²) in [4.78, 5) is 37.7. The summed E-state index contributed by atoms with van der Waals surface area (Å²) in [6.07, 6.45) is 6.21. The van der Waals surface area contributed by atoms with Gasteiger partial charge in [-0.25, -0.2) is 9.59 Å². The van der Waals surface area contributed by atoms with E-state index >= 15 is 0 Å². The number of aryl methyl sites for hydroxylation is 1. The van der Waals surface area contributed by atoms with Crippen molar-refractivity contribution in [1.82, 2.24) is 31.0 Å². The molecular formula is C44H53N9O6. The predicted molar refractivity (Wildman–Crippen MR) is 220 cm³/mol. The first-order valence-electron chi connectivity index (χ1n) is 20.9. The highest BCUT2D eigenvalue weighted by atomic mass is 16.6. The summed E-state index contributed by atoms with van der Waals surface area (Å²) in [7, 11) is 0. The van der Waals surface area contributed by atoms with E-state index in [1.807, 2.05) is 57.2 Å². The Morgan fingerprint density at radius 1 is 0.831 bits per heavy atom. The molecule has 2 saturated carbocycles. The first-order chi connectivity index (χ1) is 28.4. The number of anilines is 4.